The number of carbonyl (C=O) groups is 1. The zero-order valence-corrected chi connectivity index (χ0v) is 21.9. The lowest BCUT2D eigenvalue weighted by Crippen LogP contribution is -2.34. The maximum Gasteiger partial charge on any atom is 0.416 e. The van der Waals surface area contributed by atoms with Crippen LogP contribution in [0.1, 0.15) is 5.56 Å². The summed E-state index contributed by atoms with van der Waals surface area (Å²) in [5.41, 5.74) is 1.86. The molecule has 1 N–H and O–H groups in total. The van der Waals surface area contributed by atoms with Crippen molar-refractivity contribution in [1.29, 1.82) is 0 Å². The maximum atomic E-state index is 11.9. The summed E-state index contributed by atoms with van der Waals surface area (Å²) in [7, 11) is 0. The van der Waals surface area contributed by atoms with Crippen LogP contribution in [-0.4, -0.2) is 39.2 Å². The number of amides is 1. The number of anilines is 2. The van der Waals surface area contributed by atoms with Gasteiger partial charge in [-0.1, -0.05) is 47.5 Å². The predicted molar refractivity (Wildman–Crippen MR) is 145 cm³/mol. The zero-order chi connectivity index (χ0) is 25.8. The van der Waals surface area contributed by atoms with Crippen molar-refractivity contribution in [3.05, 3.63) is 107 Å². The zero-order valence-electron chi connectivity index (χ0n) is 19.5. The molecule has 3 aromatic carbocycles. The van der Waals surface area contributed by atoms with Crippen LogP contribution >= 0.6 is 35.0 Å². The molecule has 0 saturated carbocycles. The van der Waals surface area contributed by atoms with Gasteiger partial charge in [0.15, 0.2) is 0 Å². The van der Waals surface area contributed by atoms with Gasteiger partial charge in [-0.3, -0.25) is 0 Å². The van der Waals surface area contributed by atoms with Crippen LogP contribution in [0.25, 0.3) is 0 Å². The van der Waals surface area contributed by atoms with E-state index in [2.05, 4.69) is 4.98 Å². The highest BCUT2D eigenvalue weighted by molar-refractivity contribution is 7.99. The Hall–Kier alpha value is -3.01. The van der Waals surface area contributed by atoms with Crippen LogP contribution in [0.2, 0.25) is 10.0 Å². The molecular formula is C27H23Cl2N3O4S. The summed E-state index contributed by atoms with van der Waals surface area (Å²) >= 11 is 14.3. The second-order valence-electron chi connectivity index (χ2n) is 8.42. The Morgan fingerprint density at radius 2 is 1.86 bits per heavy atom. The van der Waals surface area contributed by atoms with Gasteiger partial charge in [-0.15, -0.1) is 11.8 Å². The molecule has 0 radical (unpaired) electrons. The summed E-state index contributed by atoms with van der Waals surface area (Å²) in [5.74, 6) is -0.438. The highest BCUT2D eigenvalue weighted by Crippen LogP contribution is 2.41. The number of rotatable bonds is 8. The molecule has 5 rings (SSSR count). The first kappa shape index (κ1) is 25.6. The lowest BCUT2D eigenvalue weighted by atomic mass is 10.1. The monoisotopic (exact) mass is 555 g/mol. The largest absolute Gasteiger partial charge is 0.464 e. The highest BCUT2D eigenvalue weighted by atomic mass is 35.5. The van der Waals surface area contributed by atoms with E-state index in [4.69, 9.17) is 32.7 Å². The third kappa shape index (κ3) is 5.79. The molecule has 1 aromatic heterocycles. The molecule has 0 bridgehead atoms. The van der Waals surface area contributed by atoms with Gasteiger partial charge in [-0.2, -0.15) is 0 Å². The van der Waals surface area contributed by atoms with Gasteiger partial charge >= 0.3 is 6.09 Å². The van der Waals surface area contributed by atoms with Crippen molar-refractivity contribution >= 4 is 52.4 Å². The van der Waals surface area contributed by atoms with Crippen molar-refractivity contribution < 1.29 is 19.4 Å². The van der Waals surface area contributed by atoms with Crippen molar-refractivity contribution in [2.75, 3.05) is 17.3 Å². The summed E-state index contributed by atoms with van der Waals surface area (Å²) in [5, 5.41) is 10.7. The predicted octanol–water partition coefficient (Wildman–Crippen LogP) is 7.07. The van der Waals surface area contributed by atoms with Gasteiger partial charge in [0.2, 0.25) is 5.79 Å². The Balaban J connectivity index is 1.28. The summed E-state index contributed by atoms with van der Waals surface area (Å²) in [6.07, 6.45) is 4.01. The van der Waals surface area contributed by atoms with Crippen LogP contribution in [0.3, 0.4) is 0 Å². The Morgan fingerprint density at radius 1 is 1.11 bits per heavy atom. The molecule has 2 atom stereocenters. The van der Waals surface area contributed by atoms with E-state index in [0.29, 0.717) is 45.9 Å². The van der Waals surface area contributed by atoms with Crippen molar-refractivity contribution in [1.82, 2.24) is 9.55 Å². The molecule has 1 saturated heterocycles. The summed E-state index contributed by atoms with van der Waals surface area (Å²) in [4.78, 5) is 18.3. The van der Waals surface area contributed by atoms with E-state index < -0.39 is 11.9 Å². The SMILES string of the molecule is O=C(O)N(c1ccccc1)c1ccc(SC[C@@H]2CO[C@@](Cn3ccnc3)(c3ccc(Cl)cc3Cl)O2)cc1. The lowest BCUT2D eigenvalue weighted by Gasteiger charge is -2.30. The molecule has 0 unspecified atom stereocenters. The van der Waals surface area contributed by atoms with Crippen LogP contribution in [0.4, 0.5) is 16.2 Å². The van der Waals surface area contributed by atoms with Crippen LogP contribution in [0, 0.1) is 0 Å². The second-order valence-corrected chi connectivity index (χ2v) is 10.4. The van der Waals surface area contributed by atoms with Crippen LogP contribution in [-0.2, 0) is 21.8 Å². The molecule has 1 amide bonds. The maximum absolute atomic E-state index is 11.9. The molecule has 0 aliphatic carbocycles. The van der Waals surface area contributed by atoms with E-state index >= 15 is 0 Å². The van der Waals surface area contributed by atoms with Crippen LogP contribution < -0.4 is 4.90 Å². The number of hydrogen-bond acceptors (Lipinski definition) is 5. The molecular weight excluding hydrogens is 533 g/mol. The number of para-hydroxylation sites is 1. The molecule has 2 heterocycles. The molecule has 10 heteroatoms. The Labute approximate surface area is 228 Å². The number of carboxylic acid groups (broad SMARTS) is 1. The Kier molecular flexibility index (Phi) is 7.73. The van der Waals surface area contributed by atoms with Gasteiger partial charge in [0.05, 0.1) is 42.0 Å². The van der Waals surface area contributed by atoms with Gasteiger partial charge in [0.25, 0.3) is 0 Å². The lowest BCUT2D eigenvalue weighted by molar-refractivity contribution is -0.184. The topological polar surface area (TPSA) is 76.8 Å². The van der Waals surface area contributed by atoms with Crippen molar-refractivity contribution in [2.24, 2.45) is 0 Å². The average Bonchev–Trinajstić information content (AvgIpc) is 3.55. The van der Waals surface area contributed by atoms with Gasteiger partial charge in [-0.05, 0) is 48.5 Å². The van der Waals surface area contributed by atoms with E-state index in [0.717, 1.165) is 4.90 Å². The van der Waals surface area contributed by atoms with Crippen molar-refractivity contribution in [2.45, 2.75) is 23.3 Å². The molecule has 0 spiro atoms. The molecule has 37 heavy (non-hydrogen) atoms. The minimum atomic E-state index is -1.07. The quantitative estimate of drug-likeness (QED) is 0.234. The van der Waals surface area contributed by atoms with Gasteiger partial charge in [0, 0.05) is 33.6 Å². The summed E-state index contributed by atoms with van der Waals surface area (Å²) < 4.78 is 14.7. The van der Waals surface area contributed by atoms with Crippen molar-refractivity contribution in [3.63, 3.8) is 0 Å². The number of imidazole rings is 1. The normalized spacial score (nSPS) is 19.1. The number of benzene rings is 3. The van der Waals surface area contributed by atoms with Gasteiger partial charge in [0.1, 0.15) is 0 Å². The Morgan fingerprint density at radius 3 is 2.54 bits per heavy atom. The van der Waals surface area contributed by atoms with Crippen molar-refractivity contribution in [3.8, 4) is 0 Å². The third-order valence-electron chi connectivity index (χ3n) is 5.89. The van der Waals surface area contributed by atoms with Crippen LogP contribution in [0.15, 0.2) is 96.4 Å². The number of thioether (sulfide) groups is 1. The minimum absolute atomic E-state index is 0.195. The van der Waals surface area contributed by atoms with Gasteiger partial charge in [-0.25, -0.2) is 14.7 Å². The van der Waals surface area contributed by atoms with E-state index in [1.165, 1.54) is 4.90 Å². The Bertz CT molecular complexity index is 1360. The molecule has 190 valence electrons. The molecule has 1 aliphatic heterocycles. The highest BCUT2D eigenvalue weighted by Gasteiger charge is 2.45. The fraction of sp³-hybridized carbons (Fsp3) is 0.185. The average molecular weight is 556 g/mol. The first-order valence-electron chi connectivity index (χ1n) is 11.5. The second kappa shape index (κ2) is 11.2. The minimum Gasteiger partial charge on any atom is -0.464 e. The number of ether oxygens (including phenoxy) is 2. The van der Waals surface area contributed by atoms with E-state index in [1.54, 1.807) is 60.7 Å². The van der Waals surface area contributed by atoms with Gasteiger partial charge < -0.3 is 19.1 Å². The van der Waals surface area contributed by atoms with E-state index in [9.17, 15) is 9.90 Å². The van der Waals surface area contributed by atoms with E-state index in [-0.39, 0.29) is 6.10 Å². The summed E-state index contributed by atoms with van der Waals surface area (Å²) in [6.45, 7) is 0.772. The molecule has 7 nitrogen and oxygen atoms in total. The summed E-state index contributed by atoms with van der Waals surface area (Å²) in [6, 6.07) is 21.7. The van der Waals surface area contributed by atoms with Crippen LogP contribution in [0.5, 0.6) is 0 Å². The smallest absolute Gasteiger partial charge is 0.416 e. The number of nitrogens with zero attached hydrogens (tertiary/aromatic N) is 3. The molecule has 1 fully saturated rings. The number of halogens is 2. The first-order valence-corrected chi connectivity index (χ1v) is 13.2. The first-order chi connectivity index (χ1) is 17.9. The fourth-order valence-electron chi connectivity index (χ4n) is 4.20. The number of aromatic nitrogens is 2. The fourth-order valence-corrected chi connectivity index (χ4v) is 5.63. The number of hydrogen-bond donors (Lipinski definition) is 1. The molecule has 4 aromatic rings. The van der Waals surface area contributed by atoms with E-state index in [1.807, 2.05) is 47.2 Å². The molecule has 1 aliphatic rings. The third-order valence-corrected chi connectivity index (χ3v) is 7.58. The standard InChI is InChI=1S/C27H23Cl2N3O4S/c28-19-6-11-24(25(29)14-19)27(17-31-13-12-30-18-31)35-15-22(36-27)16-37-23-9-7-21(8-10-23)32(26(33)34)20-4-2-1-3-5-20/h1-14,18,22H,15-17H2,(H,33,34)/t22-,27+/m0/s1.